The first kappa shape index (κ1) is 18.0. The Balaban J connectivity index is 1.43. The van der Waals surface area contributed by atoms with Crippen molar-refractivity contribution in [1.29, 1.82) is 5.26 Å². The second kappa shape index (κ2) is 10.5. The van der Waals surface area contributed by atoms with E-state index < -0.39 is 0 Å². The molecule has 1 heterocycles. The van der Waals surface area contributed by atoms with E-state index in [0.717, 1.165) is 58.2 Å². The molecule has 0 aromatic heterocycles. The smallest absolute Gasteiger partial charge is 0.314 e. The van der Waals surface area contributed by atoms with Gasteiger partial charge in [-0.3, -0.25) is 0 Å². The molecule has 0 spiro atoms. The summed E-state index contributed by atoms with van der Waals surface area (Å²) in [6.45, 7) is 3.62. The van der Waals surface area contributed by atoms with E-state index in [9.17, 15) is 4.79 Å². The molecule has 2 fully saturated rings. The van der Waals surface area contributed by atoms with Gasteiger partial charge in [0.25, 0.3) is 0 Å². The Morgan fingerprint density at radius 2 is 1.87 bits per heavy atom. The number of carbonyl (C=O) groups is 1. The molecule has 1 aliphatic carbocycles. The summed E-state index contributed by atoms with van der Waals surface area (Å²) in [4.78, 5) is 11.7. The summed E-state index contributed by atoms with van der Waals surface area (Å²) in [5.74, 6) is 0.734. The van der Waals surface area contributed by atoms with Gasteiger partial charge in [-0.2, -0.15) is 5.26 Å². The molecule has 1 aliphatic heterocycles. The fourth-order valence-corrected chi connectivity index (χ4v) is 3.16. The highest BCUT2D eigenvalue weighted by Gasteiger charge is 2.21. The molecule has 2 amide bonds. The second-order valence-corrected chi connectivity index (χ2v) is 6.52. The van der Waals surface area contributed by atoms with Crippen molar-refractivity contribution in [3.05, 3.63) is 0 Å². The standard InChI is InChI=1S/C17H29N3O3/c18-12-14-2-4-15(5-3-14)13-20-17(21)19-8-1-9-23-16-6-10-22-11-7-16/h14-16H,1-11,13H2,(H2,19,20,21). The van der Waals surface area contributed by atoms with E-state index in [0.29, 0.717) is 31.7 Å². The van der Waals surface area contributed by atoms with E-state index in [1.165, 1.54) is 0 Å². The van der Waals surface area contributed by atoms with Crippen LogP contribution in [0.15, 0.2) is 0 Å². The van der Waals surface area contributed by atoms with E-state index in [1.807, 2.05) is 0 Å². The van der Waals surface area contributed by atoms with Gasteiger partial charge in [0, 0.05) is 38.8 Å². The third-order valence-electron chi connectivity index (χ3n) is 4.71. The number of carbonyl (C=O) groups excluding carboxylic acids is 1. The van der Waals surface area contributed by atoms with Crippen LogP contribution in [0.25, 0.3) is 0 Å². The molecule has 2 aliphatic rings. The Morgan fingerprint density at radius 1 is 1.13 bits per heavy atom. The lowest BCUT2D eigenvalue weighted by molar-refractivity contribution is -0.0320. The molecule has 1 saturated carbocycles. The summed E-state index contributed by atoms with van der Waals surface area (Å²) in [7, 11) is 0. The zero-order valence-electron chi connectivity index (χ0n) is 13.9. The van der Waals surface area contributed by atoms with Crippen LogP contribution < -0.4 is 10.6 Å². The largest absolute Gasteiger partial charge is 0.381 e. The summed E-state index contributed by atoms with van der Waals surface area (Å²) in [5.41, 5.74) is 0. The van der Waals surface area contributed by atoms with Crippen LogP contribution in [0.5, 0.6) is 0 Å². The highest BCUT2D eigenvalue weighted by atomic mass is 16.5. The first-order chi connectivity index (χ1) is 11.3. The monoisotopic (exact) mass is 323 g/mol. The lowest BCUT2D eigenvalue weighted by atomic mass is 9.83. The molecule has 6 heteroatoms. The number of nitriles is 1. The van der Waals surface area contributed by atoms with Crippen LogP contribution in [0, 0.1) is 23.2 Å². The normalized spacial score (nSPS) is 25.5. The van der Waals surface area contributed by atoms with Gasteiger partial charge in [0.15, 0.2) is 0 Å². The summed E-state index contributed by atoms with van der Waals surface area (Å²) in [5, 5.41) is 14.7. The van der Waals surface area contributed by atoms with Crippen molar-refractivity contribution >= 4 is 6.03 Å². The van der Waals surface area contributed by atoms with Crippen LogP contribution in [0.1, 0.15) is 44.9 Å². The Morgan fingerprint density at radius 3 is 2.57 bits per heavy atom. The molecule has 0 atom stereocenters. The van der Waals surface area contributed by atoms with E-state index in [4.69, 9.17) is 14.7 Å². The van der Waals surface area contributed by atoms with Crippen LogP contribution in [0.3, 0.4) is 0 Å². The van der Waals surface area contributed by atoms with Gasteiger partial charge in [0.1, 0.15) is 0 Å². The fourth-order valence-electron chi connectivity index (χ4n) is 3.16. The molecule has 23 heavy (non-hydrogen) atoms. The predicted molar refractivity (Wildman–Crippen MR) is 86.9 cm³/mol. The Bertz CT molecular complexity index is 383. The van der Waals surface area contributed by atoms with Gasteiger partial charge < -0.3 is 20.1 Å². The highest BCUT2D eigenvalue weighted by Crippen LogP contribution is 2.27. The zero-order chi connectivity index (χ0) is 16.3. The van der Waals surface area contributed by atoms with Crippen molar-refractivity contribution in [2.75, 3.05) is 32.9 Å². The van der Waals surface area contributed by atoms with E-state index in [2.05, 4.69) is 16.7 Å². The third kappa shape index (κ3) is 7.19. The van der Waals surface area contributed by atoms with Crippen LogP contribution in [-0.2, 0) is 9.47 Å². The molecule has 0 aromatic carbocycles. The number of rotatable bonds is 7. The second-order valence-electron chi connectivity index (χ2n) is 6.52. The Labute approximate surface area is 138 Å². The Hall–Kier alpha value is -1.32. The van der Waals surface area contributed by atoms with Crippen molar-refractivity contribution in [2.24, 2.45) is 11.8 Å². The maximum atomic E-state index is 11.7. The lowest BCUT2D eigenvalue weighted by Crippen LogP contribution is -2.39. The summed E-state index contributed by atoms with van der Waals surface area (Å²) in [6, 6.07) is 2.24. The molecule has 0 radical (unpaired) electrons. The van der Waals surface area contributed by atoms with Gasteiger partial charge in [-0.05, 0) is 50.9 Å². The molecule has 2 N–H and O–H groups in total. The van der Waals surface area contributed by atoms with E-state index >= 15 is 0 Å². The van der Waals surface area contributed by atoms with Gasteiger partial charge in [-0.1, -0.05) is 0 Å². The molecule has 0 unspecified atom stereocenters. The summed E-state index contributed by atoms with van der Waals surface area (Å²) >= 11 is 0. The third-order valence-corrected chi connectivity index (χ3v) is 4.71. The topological polar surface area (TPSA) is 83.4 Å². The van der Waals surface area contributed by atoms with Crippen molar-refractivity contribution in [3.63, 3.8) is 0 Å². The minimum absolute atomic E-state index is 0.0986. The molecule has 2 rings (SSSR count). The molecule has 0 bridgehead atoms. The maximum absolute atomic E-state index is 11.7. The number of amides is 2. The van der Waals surface area contributed by atoms with Crippen molar-refractivity contribution < 1.29 is 14.3 Å². The average molecular weight is 323 g/mol. The van der Waals surface area contributed by atoms with Crippen LogP contribution in [0.4, 0.5) is 4.79 Å². The number of nitrogens with zero attached hydrogens (tertiary/aromatic N) is 1. The number of hydrogen-bond donors (Lipinski definition) is 2. The highest BCUT2D eigenvalue weighted by molar-refractivity contribution is 5.73. The fraction of sp³-hybridized carbons (Fsp3) is 0.882. The molecule has 6 nitrogen and oxygen atoms in total. The first-order valence-electron chi connectivity index (χ1n) is 8.88. The quantitative estimate of drug-likeness (QED) is 0.704. The maximum Gasteiger partial charge on any atom is 0.314 e. The number of ether oxygens (including phenoxy) is 2. The zero-order valence-corrected chi connectivity index (χ0v) is 13.9. The van der Waals surface area contributed by atoms with Crippen molar-refractivity contribution in [1.82, 2.24) is 10.6 Å². The average Bonchev–Trinajstić information content (AvgIpc) is 2.61. The first-order valence-corrected chi connectivity index (χ1v) is 8.88. The summed E-state index contributed by atoms with van der Waals surface area (Å²) < 4.78 is 11.0. The minimum Gasteiger partial charge on any atom is -0.381 e. The van der Waals surface area contributed by atoms with Crippen molar-refractivity contribution in [3.8, 4) is 6.07 Å². The predicted octanol–water partition coefficient (Wildman–Crippen LogP) is 2.20. The van der Waals surface area contributed by atoms with Crippen molar-refractivity contribution in [2.45, 2.75) is 51.0 Å². The van der Waals surface area contributed by atoms with Gasteiger partial charge in [-0.25, -0.2) is 4.79 Å². The SMILES string of the molecule is N#CC1CCC(CNC(=O)NCCCOC2CCOCC2)CC1. The summed E-state index contributed by atoms with van der Waals surface area (Å²) in [6.07, 6.45) is 7.11. The van der Waals surface area contributed by atoms with Gasteiger partial charge >= 0.3 is 6.03 Å². The van der Waals surface area contributed by atoms with Gasteiger partial charge in [0.05, 0.1) is 12.2 Å². The van der Waals surface area contributed by atoms with E-state index in [-0.39, 0.29) is 11.9 Å². The van der Waals surface area contributed by atoms with Gasteiger partial charge in [-0.15, -0.1) is 0 Å². The van der Waals surface area contributed by atoms with Crippen LogP contribution in [-0.4, -0.2) is 45.0 Å². The Kier molecular flexibility index (Phi) is 8.19. The molecular weight excluding hydrogens is 294 g/mol. The molecule has 0 aromatic rings. The lowest BCUT2D eigenvalue weighted by Gasteiger charge is -2.24. The molecule has 1 saturated heterocycles. The number of hydrogen-bond acceptors (Lipinski definition) is 4. The van der Waals surface area contributed by atoms with Crippen LogP contribution in [0.2, 0.25) is 0 Å². The van der Waals surface area contributed by atoms with Gasteiger partial charge in [0.2, 0.25) is 0 Å². The molecular formula is C17H29N3O3. The minimum atomic E-state index is -0.0986. The van der Waals surface area contributed by atoms with E-state index in [1.54, 1.807) is 0 Å². The number of urea groups is 1. The molecule has 130 valence electrons. The van der Waals surface area contributed by atoms with Crippen LogP contribution >= 0.6 is 0 Å². The number of nitrogens with one attached hydrogen (secondary N) is 2.